The van der Waals surface area contributed by atoms with Crippen LogP contribution in [0.5, 0.6) is 0 Å². The van der Waals surface area contributed by atoms with Gasteiger partial charge in [-0.1, -0.05) is 23.3 Å². The third kappa shape index (κ3) is 1.24. The molecule has 0 aromatic heterocycles. The lowest BCUT2D eigenvalue weighted by Crippen LogP contribution is -2.35. The summed E-state index contributed by atoms with van der Waals surface area (Å²) in [4.78, 5) is 25.8. The second-order valence-electron chi connectivity index (χ2n) is 5.50. The molecule has 1 saturated heterocycles. The Morgan fingerprint density at radius 2 is 1.67 bits per heavy atom. The quantitative estimate of drug-likeness (QED) is 0.578. The van der Waals surface area contributed by atoms with Crippen molar-refractivity contribution in [3.8, 4) is 0 Å². The zero-order valence-corrected chi connectivity index (χ0v) is 10.6. The van der Waals surface area contributed by atoms with E-state index in [1.165, 1.54) is 16.0 Å². The van der Waals surface area contributed by atoms with Crippen LogP contribution in [0.15, 0.2) is 23.3 Å². The lowest BCUT2D eigenvalue weighted by molar-refractivity contribution is -0.141. The first kappa shape index (κ1) is 11.7. The maximum atomic E-state index is 12.3. The lowest BCUT2D eigenvalue weighted by atomic mass is 9.85. The van der Waals surface area contributed by atoms with Crippen LogP contribution in [0.2, 0.25) is 0 Å². The van der Waals surface area contributed by atoms with Crippen molar-refractivity contribution in [1.82, 2.24) is 4.90 Å². The number of imide groups is 1. The molecule has 18 heavy (non-hydrogen) atoms. The van der Waals surface area contributed by atoms with E-state index in [4.69, 9.17) is 5.11 Å². The van der Waals surface area contributed by atoms with Crippen LogP contribution in [0.1, 0.15) is 13.8 Å². The number of β-amino-alcohol motifs (C(OH)–C–C–N with tert-alkyl or cyclic N) is 1. The Bertz CT molecular complexity index is 453. The number of hydrogen-bond donors (Lipinski definition) is 1. The maximum Gasteiger partial charge on any atom is 0.234 e. The standard InChI is InChI=1S/C14H17NO3/c1-7(2)10-8-3-4-9(10)12-11(8)13(17)15(5-6-16)14(12)18/h3-4,8-9,11-12,16H,5-6H2,1-2H3/t8-,9-,11+,12+/m1/s1. The summed E-state index contributed by atoms with van der Waals surface area (Å²) in [5.74, 6) is -0.438. The first-order valence-corrected chi connectivity index (χ1v) is 6.39. The van der Waals surface area contributed by atoms with Gasteiger partial charge in [-0.3, -0.25) is 14.5 Å². The predicted octanol–water partition coefficient (Wildman–Crippen LogP) is 0.732. The number of rotatable bonds is 2. The van der Waals surface area contributed by atoms with Gasteiger partial charge >= 0.3 is 0 Å². The summed E-state index contributed by atoms with van der Waals surface area (Å²) in [6, 6.07) is 0. The molecule has 2 fully saturated rings. The molecule has 0 aromatic carbocycles. The van der Waals surface area contributed by atoms with Crippen LogP contribution in [0.4, 0.5) is 0 Å². The summed E-state index contributed by atoms with van der Waals surface area (Å²) in [7, 11) is 0. The Kier molecular flexibility index (Phi) is 2.45. The zero-order chi connectivity index (χ0) is 13.0. The number of carbonyl (C=O) groups is 2. The summed E-state index contributed by atoms with van der Waals surface area (Å²) in [6.07, 6.45) is 4.14. The minimum atomic E-state index is -0.219. The number of hydrogen-bond acceptors (Lipinski definition) is 3. The smallest absolute Gasteiger partial charge is 0.234 e. The van der Waals surface area contributed by atoms with E-state index in [1.54, 1.807) is 0 Å². The van der Waals surface area contributed by atoms with Crippen molar-refractivity contribution < 1.29 is 14.7 Å². The molecular formula is C14H17NO3. The molecule has 2 amide bonds. The Hall–Kier alpha value is -1.42. The maximum absolute atomic E-state index is 12.3. The highest BCUT2D eigenvalue weighted by Crippen LogP contribution is 2.56. The van der Waals surface area contributed by atoms with E-state index >= 15 is 0 Å². The fraction of sp³-hybridized carbons (Fsp3) is 0.571. The first-order chi connectivity index (χ1) is 8.57. The fourth-order valence-corrected chi connectivity index (χ4v) is 3.81. The van der Waals surface area contributed by atoms with E-state index in [9.17, 15) is 9.59 Å². The van der Waals surface area contributed by atoms with Crippen LogP contribution >= 0.6 is 0 Å². The molecule has 3 aliphatic rings. The molecule has 1 heterocycles. The molecule has 0 spiro atoms. The summed E-state index contributed by atoms with van der Waals surface area (Å²) in [6.45, 7) is 4.07. The molecule has 4 nitrogen and oxygen atoms in total. The van der Waals surface area contributed by atoms with Crippen LogP contribution in [0.3, 0.4) is 0 Å². The van der Waals surface area contributed by atoms with Gasteiger partial charge in [0.05, 0.1) is 25.0 Å². The highest BCUT2D eigenvalue weighted by Gasteiger charge is 2.61. The number of fused-ring (bicyclic) bond motifs is 5. The Morgan fingerprint density at radius 1 is 1.17 bits per heavy atom. The molecule has 1 aliphatic heterocycles. The Labute approximate surface area is 106 Å². The van der Waals surface area contributed by atoms with Crippen LogP contribution < -0.4 is 0 Å². The molecular weight excluding hydrogens is 230 g/mol. The van der Waals surface area contributed by atoms with Gasteiger partial charge in [-0.25, -0.2) is 0 Å². The Balaban J connectivity index is 2.01. The third-order valence-electron chi connectivity index (χ3n) is 4.41. The second kappa shape index (κ2) is 3.79. The van der Waals surface area contributed by atoms with E-state index in [-0.39, 0.29) is 48.6 Å². The van der Waals surface area contributed by atoms with Crippen LogP contribution in [-0.2, 0) is 9.59 Å². The zero-order valence-electron chi connectivity index (χ0n) is 10.6. The molecule has 1 saturated carbocycles. The van der Waals surface area contributed by atoms with E-state index < -0.39 is 0 Å². The van der Waals surface area contributed by atoms with Crippen molar-refractivity contribution >= 4 is 11.8 Å². The van der Waals surface area contributed by atoms with E-state index in [1.807, 2.05) is 13.8 Å². The highest BCUT2D eigenvalue weighted by molar-refractivity contribution is 6.07. The topological polar surface area (TPSA) is 57.6 Å². The normalized spacial score (nSPS) is 36.8. The van der Waals surface area contributed by atoms with Gasteiger partial charge in [0.15, 0.2) is 0 Å². The highest BCUT2D eigenvalue weighted by atomic mass is 16.3. The molecule has 96 valence electrons. The SMILES string of the molecule is CC(C)=C1[C@H]2C=C[C@H]1[C@@H]1C(=O)N(CCO)C(=O)[C@H]12. The number of nitrogens with zero attached hydrogens (tertiary/aromatic N) is 1. The van der Waals surface area contributed by atoms with Gasteiger partial charge in [-0.15, -0.1) is 0 Å². The summed E-state index contributed by atoms with van der Waals surface area (Å²) in [5.41, 5.74) is 2.48. The van der Waals surface area contributed by atoms with Crippen LogP contribution in [0.25, 0.3) is 0 Å². The monoisotopic (exact) mass is 247 g/mol. The largest absolute Gasteiger partial charge is 0.395 e. The van der Waals surface area contributed by atoms with Crippen molar-refractivity contribution in [2.75, 3.05) is 13.2 Å². The van der Waals surface area contributed by atoms with E-state index in [2.05, 4.69) is 12.2 Å². The van der Waals surface area contributed by atoms with Crippen molar-refractivity contribution in [3.05, 3.63) is 23.3 Å². The van der Waals surface area contributed by atoms with Crippen LogP contribution in [0, 0.1) is 23.7 Å². The third-order valence-corrected chi connectivity index (χ3v) is 4.41. The molecule has 3 rings (SSSR count). The van der Waals surface area contributed by atoms with Gasteiger partial charge in [0.2, 0.25) is 11.8 Å². The molecule has 0 aromatic rings. The number of likely N-dealkylation sites (tertiary alicyclic amines) is 1. The summed E-state index contributed by atoms with van der Waals surface area (Å²) >= 11 is 0. The van der Waals surface area contributed by atoms with Crippen molar-refractivity contribution in [2.45, 2.75) is 13.8 Å². The molecule has 0 radical (unpaired) electrons. The predicted molar refractivity (Wildman–Crippen MR) is 65.3 cm³/mol. The van der Waals surface area contributed by atoms with E-state index in [0.29, 0.717) is 0 Å². The van der Waals surface area contributed by atoms with Crippen molar-refractivity contribution in [1.29, 1.82) is 0 Å². The van der Waals surface area contributed by atoms with Gasteiger partial charge < -0.3 is 5.11 Å². The molecule has 0 unspecified atom stereocenters. The summed E-state index contributed by atoms with van der Waals surface area (Å²) in [5, 5.41) is 8.94. The average molecular weight is 247 g/mol. The first-order valence-electron chi connectivity index (χ1n) is 6.39. The summed E-state index contributed by atoms with van der Waals surface area (Å²) < 4.78 is 0. The van der Waals surface area contributed by atoms with Gasteiger partial charge in [0.25, 0.3) is 0 Å². The Morgan fingerprint density at radius 3 is 2.06 bits per heavy atom. The van der Waals surface area contributed by atoms with Gasteiger partial charge in [0.1, 0.15) is 0 Å². The molecule has 4 heteroatoms. The minimum absolute atomic E-state index is 0.102. The minimum Gasteiger partial charge on any atom is -0.395 e. The average Bonchev–Trinajstić information content (AvgIpc) is 2.95. The molecule has 1 N–H and O–H groups in total. The molecule has 2 bridgehead atoms. The van der Waals surface area contributed by atoms with Crippen molar-refractivity contribution in [3.63, 3.8) is 0 Å². The number of carbonyl (C=O) groups excluding carboxylic acids is 2. The van der Waals surface area contributed by atoms with Gasteiger partial charge in [-0.05, 0) is 13.8 Å². The molecule has 4 atom stereocenters. The van der Waals surface area contributed by atoms with E-state index in [0.717, 1.165) is 0 Å². The fourth-order valence-electron chi connectivity index (χ4n) is 3.81. The number of allylic oxidation sites excluding steroid dienone is 4. The van der Waals surface area contributed by atoms with Gasteiger partial charge in [0, 0.05) is 11.8 Å². The van der Waals surface area contributed by atoms with Gasteiger partial charge in [-0.2, -0.15) is 0 Å². The number of aliphatic hydroxyl groups excluding tert-OH is 1. The van der Waals surface area contributed by atoms with Crippen LogP contribution in [-0.4, -0.2) is 35.0 Å². The lowest BCUT2D eigenvalue weighted by Gasteiger charge is -2.18. The number of aliphatic hydroxyl groups is 1. The second-order valence-corrected chi connectivity index (χ2v) is 5.50. The number of amides is 2. The molecule has 2 aliphatic carbocycles. The van der Waals surface area contributed by atoms with Crippen molar-refractivity contribution in [2.24, 2.45) is 23.7 Å².